The van der Waals surface area contributed by atoms with Gasteiger partial charge in [-0.05, 0) is 31.0 Å². The number of rotatable bonds is 10. The highest BCUT2D eigenvalue weighted by atomic mass is 16.2. The molecule has 2 aromatic rings. The van der Waals surface area contributed by atoms with Crippen molar-refractivity contribution >= 4 is 17.6 Å². The summed E-state index contributed by atoms with van der Waals surface area (Å²) in [7, 11) is 1.74. The van der Waals surface area contributed by atoms with Gasteiger partial charge in [-0.1, -0.05) is 48.5 Å². The normalized spacial score (nSPS) is 10.3. The summed E-state index contributed by atoms with van der Waals surface area (Å²) < 4.78 is 0. The van der Waals surface area contributed by atoms with Gasteiger partial charge in [0.2, 0.25) is 5.91 Å². The molecule has 0 radical (unpaired) electrons. The fourth-order valence-corrected chi connectivity index (χ4v) is 3.13. The van der Waals surface area contributed by atoms with Gasteiger partial charge in [-0.2, -0.15) is 0 Å². The van der Waals surface area contributed by atoms with Crippen molar-refractivity contribution in [2.75, 3.05) is 38.1 Å². The first-order valence-electron chi connectivity index (χ1n) is 10.1. The molecule has 0 saturated heterocycles. The first-order chi connectivity index (χ1) is 14.0. The summed E-state index contributed by atoms with van der Waals surface area (Å²) in [6.07, 6.45) is 0.265. The Labute approximate surface area is 173 Å². The third-order valence-corrected chi connectivity index (χ3v) is 4.78. The number of benzene rings is 2. The second-order valence-electron chi connectivity index (χ2n) is 7.04. The molecule has 6 nitrogen and oxygen atoms in total. The number of nitrogens with zero attached hydrogens (tertiary/aromatic N) is 2. The van der Waals surface area contributed by atoms with Crippen molar-refractivity contribution < 1.29 is 9.59 Å². The van der Waals surface area contributed by atoms with Crippen LogP contribution in [0.3, 0.4) is 0 Å². The molecule has 0 fully saturated rings. The van der Waals surface area contributed by atoms with Crippen molar-refractivity contribution in [1.29, 1.82) is 0 Å². The van der Waals surface area contributed by atoms with E-state index in [0.29, 0.717) is 19.6 Å². The Morgan fingerprint density at radius 2 is 1.62 bits per heavy atom. The van der Waals surface area contributed by atoms with Crippen LogP contribution in [0.5, 0.6) is 0 Å². The van der Waals surface area contributed by atoms with Gasteiger partial charge >= 0.3 is 6.03 Å². The average Bonchev–Trinajstić information content (AvgIpc) is 2.72. The van der Waals surface area contributed by atoms with Crippen molar-refractivity contribution in [2.24, 2.45) is 0 Å². The van der Waals surface area contributed by atoms with Crippen LogP contribution in [0.25, 0.3) is 0 Å². The van der Waals surface area contributed by atoms with E-state index in [2.05, 4.69) is 41.5 Å². The number of likely N-dealkylation sites (N-methyl/N-ethyl adjacent to an activating group) is 1. The highest BCUT2D eigenvalue weighted by Gasteiger charge is 2.10. The zero-order valence-electron chi connectivity index (χ0n) is 17.6. The van der Waals surface area contributed by atoms with E-state index >= 15 is 0 Å². The summed E-state index contributed by atoms with van der Waals surface area (Å²) in [5.74, 6) is -0.0585. The molecule has 156 valence electrons. The molecule has 0 atom stereocenters. The lowest BCUT2D eigenvalue weighted by atomic mass is 10.2. The Morgan fingerprint density at radius 1 is 0.931 bits per heavy atom. The second kappa shape index (κ2) is 11.7. The lowest BCUT2D eigenvalue weighted by Crippen LogP contribution is -2.40. The molecule has 2 N–H and O–H groups in total. The maximum absolute atomic E-state index is 12.1. The number of carbonyl (C=O) groups excluding carboxylic acids is 2. The molecule has 6 heteroatoms. The molecule has 0 aromatic heterocycles. The van der Waals surface area contributed by atoms with Crippen molar-refractivity contribution in [3.8, 4) is 0 Å². The highest BCUT2D eigenvalue weighted by molar-refractivity contribution is 5.78. The van der Waals surface area contributed by atoms with Gasteiger partial charge < -0.3 is 20.4 Å². The molecule has 0 aliphatic heterocycles. The molecule has 2 rings (SSSR count). The van der Waals surface area contributed by atoms with Gasteiger partial charge in [0, 0.05) is 51.9 Å². The number of anilines is 1. The molecule has 0 saturated carbocycles. The summed E-state index contributed by atoms with van der Waals surface area (Å²) >= 11 is 0. The van der Waals surface area contributed by atoms with Crippen molar-refractivity contribution in [3.63, 3.8) is 0 Å². The zero-order valence-corrected chi connectivity index (χ0v) is 17.6. The predicted molar refractivity (Wildman–Crippen MR) is 118 cm³/mol. The van der Waals surface area contributed by atoms with E-state index in [-0.39, 0.29) is 18.4 Å². The summed E-state index contributed by atoms with van der Waals surface area (Å²) in [6.45, 7) is 7.25. The molecule has 0 heterocycles. The maximum atomic E-state index is 12.1. The Balaban J connectivity index is 1.65. The summed E-state index contributed by atoms with van der Waals surface area (Å²) in [5, 5.41) is 5.73. The molecule has 29 heavy (non-hydrogen) atoms. The van der Waals surface area contributed by atoms with Crippen LogP contribution >= 0.6 is 0 Å². The minimum absolute atomic E-state index is 0.0585. The van der Waals surface area contributed by atoms with Crippen LogP contribution < -0.4 is 15.5 Å². The number of carbonyl (C=O) groups is 2. The molecule has 3 amide bonds. The summed E-state index contributed by atoms with van der Waals surface area (Å²) in [5.41, 5.74) is 3.48. The number of amides is 3. The van der Waals surface area contributed by atoms with Crippen LogP contribution in [0.4, 0.5) is 10.5 Å². The van der Waals surface area contributed by atoms with Gasteiger partial charge in [-0.25, -0.2) is 4.79 Å². The molecule has 0 unspecified atom stereocenters. The number of urea groups is 1. The molecule has 0 aliphatic carbocycles. The van der Waals surface area contributed by atoms with E-state index in [9.17, 15) is 9.59 Å². The Kier molecular flexibility index (Phi) is 9.02. The molecular weight excluding hydrogens is 364 g/mol. The monoisotopic (exact) mass is 396 g/mol. The zero-order chi connectivity index (χ0) is 21.1. The van der Waals surface area contributed by atoms with Gasteiger partial charge in [0.1, 0.15) is 0 Å². The fourth-order valence-electron chi connectivity index (χ4n) is 3.13. The van der Waals surface area contributed by atoms with Crippen LogP contribution in [0.1, 0.15) is 24.5 Å². The van der Waals surface area contributed by atoms with Gasteiger partial charge in [0.15, 0.2) is 0 Å². The second-order valence-corrected chi connectivity index (χ2v) is 7.04. The van der Waals surface area contributed by atoms with Crippen molar-refractivity contribution in [2.45, 2.75) is 26.8 Å². The van der Waals surface area contributed by atoms with Crippen LogP contribution in [0.15, 0.2) is 54.6 Å². The van der Waals surface area contributed by atoms with Crippen LogP contribution in [-0.2, 0) is 11.3 Å². The first-order valence-corrected chi connectivity index (χ1v) is 10.1. The third kappa shape index (κ3) is 7.49. The topological polar surface area (TPSA) is 64.7 Å². The Bertz CT molecular complexity index is 779. The van der Waals surface area contributed by atoms with E-state index in [1.165, 1.54) is 11.3 Å². The van der Waals surface area contributed by atoms with Gasteiger partial charge in [0.05, 0.1) is 0 Å². The number of aryl methyl sites for hydroxylation is 1. The van der Waals surface area contributed by atoms with Gasteiger partial charge in [0.25, 0.3) is 0 Å². The van der Waals surface area contributed by atoms with Crippen molar-refractivity contribution in [1.82, 2.24) is 15.5 Å². The van der Waals surface area contributed by atoms with E-state index < -0.39 is 0 Å². The highest BCUT2D eigenvalue weighted by Crippen LogP contribution is 2.18. The lowest BCUT2D eigenvalue weighted by molar-refractivity contribution is -0.120. The smallest absolute Gasteiger partial charge is 0.317 e. The Morgan fingerprint density at radius 3 is 2.31 bits per heavy atom. The van der Waals surface area contributed by atoms with E-state index in [1.54, 1.807) is 11.9 Å². The summed E-state index contributed by atoms with van der Waals surface area (Å²) in [6, 6.07) is 17.9. The number of hydrogen-bond donors (Lipinski definition) is 2. The minimum atomic E-state index is -0.182. The van der Waals surface area contributed by atoms with Crippen LogP contribution in [-0.4, -0.2) is 50.1 Å². The van der Waals surface area contributed by atoms with Crippen LogP contribution in [0, 0.1) is 6.92 Å². The molecular formula is C23H32N4O2. The average molecular weight is 397 g/mol. The first kappa shape index (κ1) is 22.3. The Hall–Kier alpha value is -3.02. The minimum Gasteiger partial charge on any atom is -0.370 e. The van der Waals surface area contributed by atoms with Crippen LogP contribution in [0.2, 0.25) is 0 Å². The fraction of sp³-hybridized carbons (Fsp3) is 0.391. The maximum Gasteiger partial charge on any atom is 0.317 e. The predicted octanol–water partition coefficient (Wildman–Crippen LogP) is 3.17. The van der Waals surface area contributed by atoms with E-state index in [1.807, 2.05) is 42.5 Å². The standard InChI is InChI=1S/C23H32N4O2/c1-4-27(21-13-9-8-10-19(21)2)17-16-24-22(28)14-15-25-23(29)26(3)18-20-11-6-5-7-12-20/h5-13H,4,14-18H2,1-3H3,(H,24,28)(H,25,29). The quantitative estimate of drug-likeness (QED) is 0.648. The largest absolute Gasteiger partial charge is 0.370 e. The lowest BCUT2D eigenvalue weighted by Gasteiger charge is -2.25. The molecule has 0 spiro atoms. The van der Waals surface area contributed by atoms with E-state index in [0.717, 1.165) is 18.7 Å². The molecule has 2 aromatic carbocycles. The number of para-hydroxylation sites is 1. The third-order valence-electron chi connectivity index (χ3n) is 4.78. The number of nitrogens with one attached hydrogen (secondary N) is 2. The molecule has 0 bridgehead atoms. The summed E-state index contributed by atoms with van der Waals surface area (Å²) in [4.78, 5) is 28.1. The number of hydrogen-bond acceptors (Lipinski definition) is 3. The van der Waals surface area contributed by atoms with Crippen molar-refractivity contribution in [3.05, 3.63) is 65.7 Å². The van der Waals surface area contributed by atoms with Gasteiger partial charge in [-0.15, -0.1) is 0 Å². The molecule has 0 aliphatic rings. The van der Waals surface area contributed by atoms with E-state index in [4.69, 9.17) is 0 Å². The SMILES string of the molecule is CCN(CCNC(=O)CCNC(=O)N(C)Cc1ccccc1)c1ccccc1C. The van der Waals surface area contributed by atoms with Gasteiger partial charge in [-0.3, -0.25) is 4.79 Å².